The van der Waals surface area contributed by atoms with Crippen LogP contribution in [0.1, 0.15) is 45.4 Å². The molecule has 144 valence electrons. The van der Waals surface area contributed by atoms with Gasteiger partial charge in [0.1, 0.15) is 0 Å². The Labute approximate surface area is 165 Å². The highest BCUT2D eigenvalue weighted by molar-refractivity contribution is 7.16. The van der Waals surface area contributed by atoms with Crippen molar-refractivity contribution in [2.75, 3.05) is 5.32 Å². The third-order valence-electron chi connectivity index (χ3n) is 4.29. The zero-order chi connectivity index (χ0) is 19.7. The van der Waals surface area contributed by atoms with Crippen LogP contribution in [-0.4, -0.2) is 32.3 Å². The molecule has 5 nitrogen and oxygen atoms in total. The van der Waals surface area contributed by atoms with Crippen molar-refractivity contribution in [3.8, 4) is 10.6 Å². The first-order valence-electron chi connectivity index (χ1n) is 9.17. The van der Waals surface area contributed by atoms with Gasteiger partial charge in [-0.3, -0.25) is 0 Å². The van der Waals surface area contributed by atoms with Crippen molar-refractivity contribution >= 4 is 23.4 Å². The smallest absolute Gasteiger partial charge is 0.223 e. The Balaban J connectivity index is 1.73. The van der Waals surface area contributed by atoms with Crippen molar-refractivity contribution in [1.82, 2.24) is 15.3 Å². The molecular weight excluding hydrogens is 356 g/mol. The van der Waals surface area contributed by atoms with E-state index in [9.17, 15) is 5.11 Å². The van der Waals surface area contributed by atoms with E-state index in [0.717, 1.165) is 34.0 Å². The van der Waals surface area contributed by atoms with Crippen LogP contribution in [-0.2, 0) is 0 Å². The van der Waals surface area contributed by atoms with E-state index in [2.05, 4.69) is 42.1 Å². The second-order valence-electron chi connectivity index (χ2n) is 8.32. The van der Waals surface area contributed by atoms with Crippen molar-refractivity contribution in [2.45, 2.75) is 57.7 Å². The second kappa shape index (κ2) is 7.44. The van der Waals surface area contributed by atoms with Gasteiger partial charge in [-0.25, -0.2) is 9.97 Å². The number of hydrogen-bond acceptors (Lipinski definition) is 6. The summed E-state index contributed by atoms with van der Waals surface area (Å²) >= 11 is 1.64. The van der Waals surface area contributed by atoms with Crippen LogP contribution in [0, 0.1) is 0 Å². The Morgan fingerprint density at radius 2 is 2.15 bits per heavy atom. The lowest BCUT2D eigenvalue weighted by atomic mass is 9.88. The van der Waals surface area contributed by atoms with Crippen molar-refractivity contribution in [2.24, 2.45) is 0 Å². The van der Waals surface area contributed by atoms with Gasteiger partial charge in [-0.15, -0.1) is 11.3 Å². The molecular formula is C21H28N4OS. The average Bonchev–Trinajstić information content (AvgIpc) is 2.99. The summed E-state index contributed by atoms with van der Waals surface area (Å²) in [6, 6.07) is 6.27. The van der Waals surface area contributed by atoms with E-state index >= 15 is 0 Å². The fraction of sp³-hybridized carbons (Fsp3) is 0.429. The van der Waals surface area contributed by atoms with E-state index in [1.54, 1.807) is 37.5 Å². The lowest BCUT2D eigenvalue weighted by Gasteiger charge is -2.38. The molecule has 0 amide bonds. The predicted octanol–water partition coefficient (Wildman–Crippen LogP) is 4.45. The molecule has 3 rings (SSSR count). The quantitative estimate of drug-likeness (QED) is 0.711. The molecule has 27 heavy (non-hydrogen) atoms. The summed E-state index contributed by atoms with van der Waals surface area (Å²) in [6.45, 7) is 12.0. The molecule has 1 atom stereocenters. The largest absolute Gasteiger partial charge is 0.386 e. The summed E-state index contributed by atoms with van der Waals surface area (Å²) in [7, 11) is 0. The van der Waals surface area contributed by atoms with Crippen LogP contribution in [0.2, 0.25) is 0 Å². The van der Waals surface area contributed by atoms with Crippen LogP contribution < -0.4 is 10.6 Å². The maximum atomic E-state index is 9.83. The fourth-order valence-corrected chi connectivity index (χ4v) is 4.16. The van der Waals surface area contributed by atoms with Gasteiger partial charge in [0, 0.05) is 34.8 Å². The molecule has 0 aromatic carbocycles. The fourth-order valence-electron chi connectivity index (χ4n) is 3.28. The minimum Gasteiger partial charge on any atom is -0.386 e. The third kappa shape index (κ3) is 5.65. The van der Waals surface area contributed by atoms with Gasteiger partial charge < -0.3 is 15.7 Å². The van der Waals surface area contributed by atoms with Gasteiger partial charge in [0.25, 0.3) is 0 Å². The molecule has 3 heterocycles. The van der Waals surface area contributed by atoms with Crippen molar-refractivity contribution in [3.63, 3.8) is 0 Å². The molecule has 3 N–H and O–H groups in total. The number of aliphatic hydroxyl groups is 1. The summed E-state index contributed by atoms with van der Waals surface area (Å²) < 4.78 is 0. The Bertz CT molecular complexity index is 848. The number of thiophene rings is 1. The number of nitrogens with zero attached hydrogens (tertiary/aromatic N) is 2. The van der Waals surface area contributed by atoms with E-state index in [1.807, 2.05) is 18.2 Å². The molecule has 2 aromatic heterocycles. The molecule has 1 fully saturated rings. The van der Waals surface area contributed by atoms with Gasteiger partial charge in [0.15, 0.2) is 0 Å². The Hall–Kier alpha value is -2.18. The minimum atomic E-state index is -0.817. The maximum Gasteiger partial charge on any atom is 0.223 e. The van der Waals surface area contributed by atoms with Crippen LogP contribution in [0.3, 0.4) is 0 Å². The van der Waals surface area contributed by atoms with Gasteiger partial charge in [-0.1, -0.05) is 12.7 Å². The summed E-state index contributed by atoms with van der Waals surface area (Å²) in [5, 5.41) is 16.7. The molecule has 1 aliphatic rings. The first-order chi connectivity index (χ1) is 12.6. The zero-order valence-electron chi connectivity index (χ0n) is 16.4. The summed E-state index contributed by atoms with van der Waals surface area (Å²) in [5.41, 5.74) is 1.14. The number of rotatable bonds is 5. The molecule has 1 saturated heterocycles. The second-order valence-corrected chi connectivity index (χ2v) is 9.43. The van der Waals surface area contributed by atoms with Crippen LogP contribution in [0.25, 0.3) is 16.6 Å². The number of anilines is 1. The first kappa shape index (κ1) is 19.6. The van der Waals surface area contributed by atoms with Crippen molar-refractivity contribution in [3.05, 3.63) is 47.6 Å². The Morgan fingerprint density at radius 1 is 1.37 bits per heavy atom. The standard InChI is InChI=1S/C21H28N4OS/c1-14-12-15(13-20(2,3)25-14)23-19-22-11-9-17(24-19)18-7-6-16(27-18)8-10-21(4,5)26/h6-11,15,25-26H,1,12-13H2,2-5H3,(H,22,23,24)/b10-8+. The average molecular weight is 385 g/mol. The zero-order valence-corrected chi connectivity index (χ0v) is 17.2. The van der Waals surface area contributed by atoms with Gasteiger partial charge in [0.05, 0.1) is 16.2 Å². The van der Waals surface area contributed by atoms with Crippen molar-refractivity contribution in [1.29, 1.82) is 0 Å². The Morgan fingerprint density at radius 3 is 2.85 bits per heavy atom. The predicted molar refractivity (Wildman–Crippen MR) is 114 cm³/mol. The molecule has 0 radical (unpaired) electrons. The van der Waals surface area contributed by atoms with Crippen molar-refractivity contribution < 1.29 is 5.11 Å². The minimum absolute atomic E-state index is 0.0140. The van der Waals surface area contributed by atoms with Crippen LogP contribution >= 0.6 is 11.3 Å². The van der Waals surface area contributed by atoms with E-state index in [0.29, 0.717) is 5.95 Å². The molecule has 0 aliphatic carbocycles. The first-order valence-corrected chi connectivity index (χ1v) is 9.99. The van der Waals surface area contributed by atoms with E-state index in [4.69, 9.17) is 4.98 Å². The van der Waals surface area contributed by atoms with E-state index in [-0.39, 0.29) is 11.6 Å². The normalized spacial score (nSPS) is 19.9. The topological polar surface area (TPSA) is 70.1 Å². The van der Waals surface area contributed by atoms with Gasteiger partial charge in [-0.2, -0.15) is 0 Å². The van der Waals surface area contributed by atoms with Crippen LogP contribution in [0.4, 0.5) is 5.95 Å². The van der Waals surface area contributed by atoms with Crippen LogP contribution in [0.15, 0.2) is 42.7 Å². The van der Waals surface area contributed by atoms with E-state index in [1.165, 1.54) is 0 Å². The lowest BCUT2D eigenvalue weighted by Crippen LogP contribution is -2.48. The third-order valence-corrected chi connectivity index (χ3v) is 5.36. The highest BCUT2D eigenvalue weighted by atomic mass is 32.1. The Kier molecular flexibility index (Phi) is 5.40. The highest BCUT2D eigenvalue weighted by Gasteiger charge is 2.29. The molecule has 6 heteroatoms. The molecule has 0 bridgehead atoms. The number of nitrogens with one attached hydrogen (secondary N) is 2. The summed E-state index contributed by atoms with van der Waals surface area (Å²) in [5.74, 6) is 0.644. The lowest BCUT2D eigenvalue weighted by molar-refractivity contribution is 0.134. The molecule has 2 aromatic rings. The molecule has 1 aliphatic heterocycles. The number of piperidine rings is 1. The monoisotopic (exact) mass is 384 g/mol. The van der Waals surface area contributed by atoms with Gasteiger partial charge in [0.2, 0.25) is 5.95 Å². The van der Waals surface area contributed by atoms with E-state index < -0.39 is 5.60 Å². The summed E-state index contributed by atoms with van der Waals surface area (Å²) in [6.07, 6.45) is 7.36. The SMILES string of the molecule is C=C1CC(Nc2nccc(-c3ccc(/C=C/C(C)(C)O)s3)n2)CC(C)(C)N1. The van der Waals surface area contributed by atoms with Gasteiger partial charge in [-0.05, 0) is 58.4 Å². The maximum absolute atomic E-state index is 9.83. The molecule has 1 unspecified atom stereocenters. The van der Waals surface area contributed by atoms with Gasteiger partial charge >= 0.3 is 0 Å². The van der Waals surface area contributed by atoms with Crippen LogP contribution in [0.5, 0.6) is 0 Å². The summed E-state index contributed by atoms with van der Waals surface area (Å²) in [4.78, 5) is 11.2. The molecule has 0 spiro atoms. The number of hydrogen-bond donors (Lipinski definition) is 3. The highest BCUT2D eigenvalue weighted by Crippen LogP contribution is 2.29. The molecule has 0 saturated carbocycles. The number of aromatic nitrogens is 2.